The average molecular weight is 284 g/mol. The summed E-state index contributed by atoms with van der Waals surface area (Å²) < 4.78 is 1.02. The Morgan fingerprint density at radius 3 is 2.81 bits per heavy atom. The van der Waals surface area contributed by atoms with Gasteiger partial charge in [-0.05, 0) is 39.9 Å². The first-order valence-corrected chi connectivity index (χ1v) is 6.40. The summed E-state index contributed by atoms with van der Waals surface area (Å²) in [5.74, 6) is 1.04. The number of hydrogen-bond donors (Lipinski definition) is 1. The minimum absolute atomic E-state index is 0.160. The van der Waals surface area contributed by atoms with Crippen molar-refractivity contribution in [2.45, 2.75) is 26.3 Å². The van der Waals surface area contributed by atoms with Crippen molar-refractivity contribution in [1.82, 2.24) is 4.98 Å². The molecule has 3 nitrogen and oxygen atoms in total. The first-order valence-electron chi connectivity index (χ1n) is 5.61. The van der Waals surface area contributed by atoms with Gasteiger partial charge in [0.25, 0.3) is 0 Å². The molecule has 0 radical (unpaired) electrons. The fourth-order valence-corrected chi connectivity index (χ4v) is 2.36. The van der Waals surface area contributed by atoms with Crippen LogP contribution in [0.15, 0.2) is 22.8 Å². The lowest BCUT2D eigenvalue weighted by Crippen LogP contribution is -2.52. The molecule has 1 saturated heterocycles. The van der Waals surface area contributed by atoms with E-state index in [1.165, 1.54) is 0 Å². The Bertz CT molecular complexity index is 361. The highest BCUT2D eigenvalue weighted by Crippen LogP contribution is 2.30. The molecule has 0 spiro atoms. The quantitative estimate of drug-likeness (QED) is 0.861. The Morgan fingerprint density at radius 1 is 1.50 bits per heavy atom. The van der Waals surface area contributed by atoms with Gasteiger partial charge in [-0.25, -0.2) is 4.98 Å². The molecule has 4 heteroatoms. The molecule has 1 aliphatic heterocycles. The van der Waals surface area contributed by atoms with Crippen LogP contribution in [0.1, 0.15) is 20.3 Å². The van der Waals surface area contributed by atoms with Crippen LogP contribution in [0.2, 0.25) is 0 Å². The Hall–Kier alpha value is -0.610. The summed E-state index contributed by atoms with van der Waals surface area (Å²) in [6, 6.07) is 4.38. The summed E-state index contributed by atoms with van der Waals surface area (Å²) in [4.78, 5) is 6.75. The van der Waals surface area contributed by atoms with E-state index in [1.54, 1.807) is 0 Å². The molecule has 2 heterocycles. The van der Waals surface area contributed by atoms with Gasteiger partial charge in [-0.3, -0.25) is 0 Å². The smallest absolute Gasteiger partial charge is 0.128 e. The minimum atomic E-state index is 0.160. The van der Waals surface area contributed by atoms with Crippen LogP contribution in [0.25, 0.3) is 0 Å². The van der Waals surface area contributed by atoms with Gasteiger partial charge in [0.1, 0.15) is 5.82 Å². The molecule has 0 aliphatic carbocycles. The molecular formula is C12H18BrN3. The standard InChI is InChI=1S/C12H18BrN3/c1-12(2)8-16(6-5-10(12)14)11-4-3-9(13)7-15-11/h3-4,7,10H,5-6,8,14H2,1-2H3. The van der Waals surface area contributed by atoms with Gasteiger partial charge in [0, 0.05) is 29.8 Å². The van der Waals surface area contributed by atoms with Crippen LogP contribution in [0, 0.1) is 5.41 Å². The first-order chi connectivity index (χ1) is 7.49. The van der Waals surface area contributed by atoms with Gasteiger partial charge in [0.2, 0.25) is 0 Å². The molecule has 1 aromatic rings. The predicted octanol–water partition coefficient (Wildman–Crippen LogP) is 2.41. The number of nitrogens with zero attached hydrogens (tertiary/aromatic N) is 2. The summed E-state index contributed by atoms with van der Waals surface area (Å²) >= 11 is 3.40. The van der Waals surface area contributed by atoms with E-state index < -0.39 is 0 Å². The van der Waals surface area contributed by atoms with Crippen molar-refractivity contribution in [1.29, 1.82) is 0 Å². The normalized spacial score (nSPS) is 24.5. The van der Waals surface area contributed by atoms with E-state index in [-0.39, 0.29) is 5.41 Å². The Morgan fingerprint density at radius 2 is 2.25 bits per heavy atom. The second kappa shape index (κ2) is 4.34. The minimum Gasteiger partial charge on any atom is -0.356 e. The summed E-state index contributed by atoms with van der Waals surface area (Å²) in [5, 5.41) is 0. The number of hydrogen-bond acceptors (Lipinski definition) is 3. The van der Waals surface area contributed by atoms with E-state index in [0.717, 1.165) is 29.8 Å². The summed E-state index contributed by atoms with van der Waals surface area (Å²) in [7, 11) is 0. The van der Waals surface area contributed by atoms with Crippen LogP contribution in [-0.4, -0.2) is 24.1 Å². The lowest BCUT2D eigenvalue weighted by atomic mass is 9.80. The third-order valence-corrected chi connectivity index (χ3v) is 3.82. The van der Waals surface area contributed by atoms with Crippen molar-refractivity contribution < 1.29 is 0 Å². The fourth-order valence-electron chi connectivity index (χ4n) is 2.12. The SMILES string of the molecule is CC1(C)CN(c2ccc(Br)cn2)CCC1N. The number of piperidine rings is 1. The molecule has 1 unspecified atom stereocenters. The largest absolute Gasteiger partial charge is 0.356 e. The molecule has 1 aromatic heterocycles. The molecule has 0 saturated carbocycles. The number of halogens is 1. The second-order valence-electron chi connectivity index (χ2n) is 5.14. The summed E-state index contributed by atoms with van der Waals surface area (Å²) in [6.45, 7) is 6.42. The number of nitrogens with two attached hydrogens (primary N) is 1. The highest BCUT2D eigenvalue weighted by atomic mass is 79.9. The van der Waals surface area contributed by atoms with Gasteiger partial charge in [0.05, 0.1) is 0 Å². The van der Waals surface area contributed by atoms with E-state index >= 15 is 0 Å². The van der Waals surface area contributed by atoms with Crippen molar-refractivity contribution in [2.24, 2.45) is 11.1 Å². The van der Waals surface area contributed by atoms with E-state index in [0.29, 0.717) is 6.04 Å². The first kappa shape index (κ1) is 11.9. The molecular weight excluding hydrogens is 266 g/mol. The maximum absolute atomic E-state index is 6.12. The third-order valence-electron chi connectivity index (χ3n) is 3.35. The zero-order valence-corrected chi connectivity index (χ0v) is 11.4. The zero-order valence-electron chi connectivity index (χ0n) is 9.78. The summed E-state index contributed by atoms with van der Waals surface area (Å²) in [5.41, 5.74) is 6.28. The monoisotopic (exact) mass is 283 g/mol. The summed E-state index contributed by atoms with van der Waals surface area (Å²) in [6.07, 6.45) is 2.88. The number of pyridine rings is 1. The Kier molecular flexibility index (Phi) is 3.22. The van der Waals surface area contributed by atoms with E-state index in [9.17, 15) is 0 Å². The van der Waals surface area contributed by atoms with Gasteiger partial charge in [0.15, 0.2) is 0 Å². The molecule has 1 aliphatic rings. The molecule has 16 heavy (non-hydrogen) atoms. The van der Waals surface area contributed by atoms with Crippen molar-refractivity contribution in [3.05, 3.63) is 22.8 Å². The van der Waals surface area contributed by atoms with Gasteiger partial charge >= 0.3 is 0 Å². The van der Waals surface area contributed by atoms with Crippen LogP contribution in [0.5, 0.6) is 0 Å². The zero-order chi connectivity index (χ0) is 11.8. The van der Waals surface area contributed by atoms with Gasteiger partial charge in [-0.1, -0.05) is 13.8 Å². The molecule has 1 fully saturated rings. The van der Waals surface area contributed by atoms with E-state index in [4.69, 9.17) is 5.73 Å². The predicted molar refractivity (Wildman–Crippen MR) is 70.5 cm³/mol. The van der Waals surface area contributed by atoms with E-state index in [2.05, 4.69) is 45.7 Å². The van der Waals surface area contributed by atoms with Crippen LogP contribution >= 0.6 is 15.9 Å². The Labute approximate surface area is 105 Å². The highest BCUT2D eigenvalue weighted by Gasteiger charge is 2.33. The molecule has 0 aromatic carbocycles. The van der Waals surface area contributed by atoms with Crippen molar-refractivity contribution in [2.75, 3.05) is 18.0 Å². The topological polar surface area (TPSA) is 42.2 Å². The average Bonchev–Trinajstić information content (AvgIpc) is 2.23. The number of anilines is 1. The van der Waals surface area contributed by atoms with Crippen LogP contribution in [-0.2, 0) is 0 Å². The van der Waals surface area contributed by atoms with Crippen molar-refractivity contribution >= 4 is 21.7 Å². The molecule has 1 atom stereocenters. The molecule has 2 N–H and O–H groups in total. The van der Waals surface area contributed by atoms with Gasteiger partial charge in [-0.15, -0.1) is 0 Å². The Balaban J connectivity index is 2.14. The van der Waals surface area contributed by atoms with E-state index in [1.807, 2.05) is 12.3 Å². The van der Waals surface area contributed by atoms with Crippen LogP contribution in [0.4, 0.5) is 5.82 Å². The van der Waals surface area contributed by atoms with Crippen molar-refractivity contribution in [3.8, 4) is 0 Å². The number of aromatic nitrogens is 1. The van der Waals surface area contributed by atoms with Gasteiger partial charge in [-0.2, -0.15) is 0 Å². The highest BCUT2D eigenvalue weighted by molar-refractivity contribution is 9.10. The third kappa shape index (κ3) is 2.38. The molecule has 88 valence electrons. The van der Waals surface area contributed by atoms with Crippen LogP contribution < -0.4 is 10.6 Å². The second-order valence-corrected chi connectivity index (χ2v) is 6.06. The molecule has 0 amide bonds. The maximum atomic E-state index is 6.12. The number of rotatable bonds is 1. The maximum Gasteiger partial charge on any atom is 0.128 e. The lowest BCUT2D eigenvalue weighted by molar-refractivity contribution is 0.244. The fraction of sp³-hybridized carbons (Fsp3) is 0.583. The molecule has 0 bridgehead atoms. The van der Waals surface area contributed by atoms with Crippen LogP contribution in [0.3, 0.4) is 0 Å². The van der Waals surface area contributed by atoms with Crippen molar-refractivity contribution in [3.63, 3.8) is 0 Å². The lowest BCUT2D eigenvalue weighted by Gasteiger charge is -2.43. The molecule has 2 rings (SSSR count). The van der Waals surface area contributed by atoms with Gasteiger partial charge < -0.3 is 10.6 Å².